The molecule has 0 aromatic heterocycles. The first-order valence-electron chi connectivity index (χ1n) is 5.04. The minimum atomic E-state index is 1.05. The van der Waals surface area contributed by atoms with Gasteiger partial charge in [0, 0.05) is 10.5 Å². The highest BCUT2D eigenvalue weighted by molar-refractivity contribution is 8.00. The fourth-order valence-corrected chi connectivity index (χ4v) is 4.42. The SMILES string of the molecule is CCC1CC2CCCC(C1)S2. The van der Waals surface area contributed by atoms with Crippen LogP contribution in [-0.4, -0.2) is 10.5 Å². The lowest BCUT2D eigenvalue weighted by atomic mass is 9.88. The second kappa shape index (κ2) is 3.38. The van der Waals surface area contributed by atoms with E-state index in [2.05, 4.69) is 18.7 Å². The van der Waals surface area contributed by atoms with Crippen molar-refractivity contribution in [2.75, 3.05) is 0 Å². The Morgan fingerprint density at radius 1 is 1.18 bits per heavy atom. The lowest BCUT2D eigenvalue weighted by Gasteiger charge is -2.38. The van der Waals surface area contributed by atoms with E-state index in [1.807, 2.05) is 0 Å². The number of hydrogen-bond acceptors (Lipinski definition) is 1. The zero-order chi connectivity index (χ0) is 7.68. The maximum Gasteiger partial charge on any atom is 0.00524 e. The van der Waals surface area contributed by atoms with Gasteiger partial charge in [0.25, 0.3) is 0 Å². The summed E-state index contributed by atoms with van der Waals surface area (Å²) in [6.07, 6.45) is 9.01. The van der Waals surface area contributed by atoms with Gasteiger partial charge < -0.3 is 0 Å². The number of hydrogen-bond donors (Lipinski definition) is 0. The van der Waals surface area contributed by atoms with Crippen LogP contribution in [-0.2, 0) is 0 Å². The molecule has 1 heteroatoms. The van der Waals surface area contributed by atoms with E-state index in [4.69, 9.17) is 0 Å². The van der Waals surface area contributed by atoms with Crippen molar-refractivity contribution < 1.29 is 0 Å². The lowest BCUT2D eigenvalue weighted by Crippen LogP contribution is -2.28. The van der Waals surface area contributed by atoms with Gasteiger partial charge in [-0.2, -0.15) is 11.8 Å². The molecule has 2 heterocycles. The number of thioether (sulfide) groups is 1. The molecule has 0 aromatic rings. The molecule has 2 unspecified atom stereocenters. The minimum absolute atomic E-state index is 1.05. The molecule has 0 N–H and O–H groups in total. The van der Waals surface area contributed by atoms with Crippen LogP contribution in [0, 0.1) is 5.92 Å². The van der Waals surface area contributed by atoms with Crippen molar-refractivity contribution in [3.63, 3.8) is 0 Å². The van der Waals surface area contributed by atoms with Crippen LogP contribution in [0.2, 0.25) is 0 Å². The van der Waals surface area contributed by atoms with Crippen molar-refractivity contribution in [3.8, 4) is 0 Å². The molecule has 0 radical (unpaired) electrons. The van der Waals surface area contributed by atoms with Gasteiger partial charge in [-0.3, -0.25) is 0 Å². The van der Waals surface area contributed by atoms with E-state index < -0.39 is 0 Å². The van der Waals surface area contributed by atoms with Crippen LogP contribution < -0.4 is 0 Å². The summed E-state index contributed by atoms with van der Waals surface area (Å²) < 4.78 is 0. The van der Waals surface area contributed by atoms with Crippen LogP contribution in [0.15, 0.2) is 0 Å². The molecule has 11 heavy (non-hydrogen) atoms. The third kappa shape index (κ3) is 1.74. The topological polar surface area (TPSA) is 0 Å². The van der Waals surface area contributed by atoms with E-state index in [9.17, 15) is 0 Å². The Morgan fingerprint density at radius 3 is 2.36 bits per heavy atom. The maximum absolute atomic E-state index is 2.36. The summed E-state index contributed by atoms with van der Waals surface area (Å²) in [6.45, 7) is 2.36. The van der Waals surface area contributed by atoms with Crippen LogP contribution in [0.3, 0.4) is 0 Å². The standard InChI is InChI=1S/C10H18S/c1-2-8-6-9-4-3-5-10(7-8)11-9/h8-10H,2-7H2,1H3. The van der Waals surface area contributed by atoms with Gasteiger partial charge in [-0.25, -0.2) is 0 Å². The summed E-state index contributed by atoms with van der Waals surface area (Å²) in [5.74, 6) is 1.08. The molecule has 0 amide bonds. The smallest absolute Gasteiger partial charge is 0.00524 e. The first kappa shape index (κ1) is 7.97. The predicted octanol–water partition coefficient (Wildman–Crippen LogP) is 3.46. The van der Waals surface area contributed by atoms with E-state index >= 15 is 0 Å². The molecule has 64 valence electrons. The normalized spacial score (nSPS) is 43.9. The molecular weight excluding hydrogens is 152 g/mol. The molecule has 2 rings (SSSR count). The van der Waals surface area contributed by atoms with Crippen molar-refractivity contribution >= 4 is 11.8 Å². The van der Waals surface area contributed by atoms with Gasteiger partial charge in [0.15, 0.2) is 0 Å². The van der Waals surface area contributed by atoms with Crippen molar-refractivity contribution in [1.82, 2.24) is 0 Å². The van der Waals surface area contributed by atoms with Gasteiger partial charge in [-0.15, -0.1) is 0 Å². The maximum atomic E-state index is 2.36. The molecule has 0 aromatic carbocycles. The van der Waals surface area contributed by atoms with E-state index in [0.717, 1.165) is 16.4 Å². The third-order valence-corrected chi connectivity index (χ3v) is 4.83. The summed E-state index contributed by atoms with van der Waals surface area (Å²) in [5.41, 5.74) is 0. The largest absolute Gasteiger partial charge is 0.155 e. The molecule has 2 aliphatic rings. The van der Waals surface area contributed by atoms with Gasteiger partial charge >= 0.3 is 0 Å². The Kier molecular flexibility index (Phi) is 2.45. The van der Waals surface area contributed by atoms with Crippen LogP contribution >= 0.6 is 11.8 Å². The molecule has 0 aliphatic carbocycles. The predicted molar refractivity (Wildman–Crippen MR) is 52.0 cm³/mol. The van der Waals surface area contributed by atoms with Gasteiger partial charge in [-0.05, 0) is 31.6 Å². The highest BCUT2D eigenvalue weighted by Gasteiger charge is 2.31. The van der Waals surface area contributed by atoms with E-state index in [0.29, 0.717) is 0 Å². The molecule has 2 bridgehead atoms. The van der Waals surface area contributed by atoms with E-state index in [-0.39, 0.29) is 0 Å². The molecule has 2 aliphatic heterocycles. The monoisotopic (exact) mass is 170 g/mol. The lowest BCUT2D eigenvalue weighted by molar-refractivity contribution is 0.361. The first-order valence-corrected chi connectivity index (χ1v) is 5.98. The Balaban J connectivity index is 1.94. The Bertz CT molecular complexity index is 121. The number of fused-ring (bicyclic) bond motifs is 2. The second-order valence-electron chi connectivity index (χ2n) is 4.06. The molecule has 0 saturated carbocycles. The quantitative estimate of drug-likeness (QED) is 0.581. The van der Waals surface area contributed by atoms with Crippen LogP contribution in [0.1, 0.15) is 45.4 Å². The van der Waals surface area contributed by atoms with Crippen LogP contribution in [0.4, 0.5) is 0 Å². The highest BCUT2D eigenvalue weighted by Crippen LogP contribution is 2.44. The Labute approximate surface area is 74.1 Å². The van der Waals surface area contributed by atoms with Gasteiger partial charge in [0.05, 0.1) is 0 Å². The summed E-state index contributed by atoms with van der Waals surface area (Å²) in [6, 6.07) is 0. The van der Waals surface area contributed by atoms with E-state index in [1.165, 1.54) is 38.5 Å². The molecule has 0 spiro atoms. The fraction of sp³-hybridized carbons (Fsp3) is 1.00. The summed E-state index contributed by atoms with van der Waals surface area (Å²) >= 11 is 2.29. The molecular formula is C10H18S. The van der Waals surface area contributed by atoms with E-state index in [1.54, 1.807) is 0 Å². The van der Waals surface area contributed by atoms with Crippen molar-refractivity contribution in [3.05, 3.63) is 0 Å². The summed E-state index contributed by atoms with van der Waals surface area (Å²) in [5, 5.41) is 2.10. The van der Waals surface area contributed by atoms with Gasteiger partial charge in [0.2, 0.25) is 0 Å². The molecule has 2 atom stereocenters. The van der Waals surface area contributed by atoms with Crippen molar-refractivity contribution in [2.24, 2.45) is 5.92 Å². The van der Waals surface area contributed by atoms with Crippen molar-refractivity contribution in [1.29, 1.82) is 0 Å². The molecule has 0 nitrogen and oxygen atoms in total. The summed E-state index contributed by atoms with van der Waals surface area (Å²) in [4.78, 5) is 0. The third-order valence-electron chi connectivity index (χ3n) is 3.21. The van der Waals surface area contributed by atoms with Crippen LogP contribution in [0.25, 0.3) is 0 Å². The average molecular weight is 170 g/mol. The highest BCUT2D eigenvalue weighted by atomic mass is 32.2. The van der Waals surface area contributed by atoms with Gasteiger partial charge in [-0.1, -0.05) is 19.8 Å². The minimum Gasteiger partial charge on any atom is -0.155 e. The molecule has 2 saturated heterocycles. The zero-order valence-corrected chi connectivity index (χ0v) is 8.20. The van der Waals surface area contributed by atoms with Crippen molar-refractivity contribution in [2.45, 2.75) is 55.9 Å². The average Bonchev–Trinajstić information content (AvgIpc) is 2.03. The second-order valence-corrected chi connectivity index (χ2v) is 5.66. The summed E-state index contributed by atoms with van der Waals surface area (Å²) in [7, 11) is 0. The Hall–Kier alpha value is 0.350. The number of rotatable bonds is 1. The van der Waals surface area contributed by atoms with Gasteiger partial charge in [0.1, 0.15) is 0 Å². The van der Waals surface area contributed by atoms with Crippen LogP contribution in [0.5, 0.6) is 0 Å². The zero-order valence-electron chi connectivity index (χ0n) is 7.38. The molecule has 2 fully saturated rings. The Morgan fingerprint density at radius 2 is 1.82 bits per heavy atom. The fourth-order valence-electron chi connectivity index (χ4n) is 2.50. The first-order chi connectivity index (χ1) is 5.38.